The van der Waals surface area contributed by atoms with Crippen molar-refractivity contribution in [3.8, 4) is 45.3 Å². The quantitative estimate of drug-likeness (QED) is 0.193. The van der Waals surface area contributed by atoms with Gasteiger partial charge in [0.1, 0.15) is 23.2 Å². The Bertz CT molecular complexity index is 2120. The van der Waals surface area contributed by atoms with E-state index in [2.05, 4.69) is 10.0 Å². The van der Waals surface area contributed by atoms with Crippen LogP contribution in [0.25, 0.3) is 44.4 Å². The maximum absolute atomic E-state index is 14.9. The molecule has 6 rings (SSSR count). The third-order valence-corrected chi connectivity index (χ3v) is 8.75. The predicted octanol–water partition coefficient (Wildman–Crippen LogP) is 9.88. The molecule has 0 saturated carbocycles. The fourth-order valence-corrected chi connectivity index (χ4v) is 6.61. The Morgan fingerprint density at radius 2 is 1.68 bits per heavy atom. The van der Waals surface area contributed by atoms with Crippen LogP contribution in [-0.4, -0.2) is 22.2 Å². The molecule has 5 nitrogen and oxygen atoms in total. The molecule has 1 N–H and O–H groups in total. The summed E-state index contributed by atoms with van der Waals surface area (Å²) in [6.45, 7) is 2.03. The second-order valence-corrected chi connectivity index (χ2v) is 11.6. The molecule has 0 aliphatic heterocycles. The molecule has 1 aromatic heterocycles. The van der Waals surface area contributed by atoms with E-state index in [1.165, 1.54) is 43.3 Å². The third kappa shape index (κ3) is 5.30. The molecule has 0 spiro atoms. The minimum atomic E-state index is -1.06. The molecule has 0 bridgehead atoms. The SMILES string of the molecule is COc1cccc(-c2c(-c3cccc(-c4ccc(C(=O)O)cc4Cl)c3)n(Sc3ccc(C)cc3)c3ccc(F)cc23)c1C#N. The first-order valence-electron chi connectivity index (χ1n) is 13.6. The van der Waals surface area contributed by atoms with Gasteiger partial charge in [-0.25, -0.2) is 9.18 Å². The summed E-state index contributed by atoms with van der Waals surface area (Å²) < 4.78 is 22.5. The zero-order valence-electron chi connectivity index (χ0n) is 23.6. The van der Waals surface area contributed by atoms with Gasteiger partial charge in [0, 0.05) is 37.6 Å². The molecule has 0 saturated heterocycles. The number of carboxylic acids is 1. The number of halogens is 2. The van der Waals surface area contributed by atoms with Crippen LogP contribution in [0, 0.1) is 24.1 Å². The van der Waals surface area contributed by atoms with Gasteiger partial charge in [-0.3, -0.25) is 3.97 Å². The maximum atomic E-state index is 14.9. The van der Waals surface area contributed by atoms with Crippen molar-refractivity contribution >= 4 is 40.4 Å². The first-order chi connectivity index (χ1) is 21.3. The Balaban J connectivity index is 1.68. The highest BCUT2D eigenvalue weighted by atomic mass is 35.5. The summed E-state index contributed by atoms with van der Waals surface area (Å²) in [5, 5.41) is 20.6. The molecule has 8 heteroatoms. The van der Waals surface area contributed by atoms with Gasteiger partial charge >= 0.3 is 5.97 Å². The van der Waals surface area contributed by atoms with Crippen molar-refractivity contribution < 1.29 is 19.0 Å². The number of hydrogen-bond donors (Lipinski definition) is 1. The van der Waals surface area contributed by atoms with Crippen LogP contribution in [-0.2, 0) is 0 Å². The lowest BCUT2D eigenvalue weighted by molar-refractivity contribution is 0.0697. The number of rotatable bonds is 7. The van der Waals surface area contributed by atoms with Crippen molar-refractivity contribution in [2.45, 2.75) is 11.8 Å². The molecule has 6 aromatic rings. The highest BCUT2D eigenvalue weighted by Crippen LogP contribution is 2.47. The van der Waals surface area contributed by atoms with Gasteiger partial charge in [-0.1, -0.05) is 65.7 Å². The first-order valence-corrected chi connectivity index (χ1v) is 14.7. The van der Waals surface area contributed by atoms with Crippen LogP contribution < -0.4 is 4.74 Å². The van der Waals surface area contributed by atoms with E-state index in [-0.39, 0.29) is 5.56 Å². The fourth-order valence-electron chi connectivity index (χ4n) is 5.31. The van der Waals surface area contributed by atoms with E-state index >= 15 is 0 Å². The van der Waals surface area contributed by atoms with Gasteiger partial charge in [-0.2, -0.15) is 5.26 Å². The topological polar surface area (TPSA) is 75.2 Å². The molecule has 0 radical (unpaired) electrons. The summed E-state index contributed by atoms with van der Waals surface area (Å²) in [5.74, 6) is -1.05. The second-order valence-electron chi connectivity index (χ2n) is 10.2. The zero-order valence-corrected chi connectivity index (χ0v) is 25.2. The lowest BCUT2D eigenvalue weighted by Gasteiger charge is -2.15. The van der Waals surface area contributed by atoms with Crippen LogP contribution in [0.2, 0.25) is 5.02 Å². The van der Waals surface area contributed by atoms with E-state index in [9.17, 15) is 19.6 Å². The Hall–Kier alpha value is -5.03. The largest absolute Gasteiger partial charge is 0.495 e. The van der Waals surface area contributed by atoms with Crippen LogP contribution in [0.4, 0.5) is 4.39 Å². The molecule has 0 fully saturated rings. The van der Waals surface area contributed by atoms with Gasteiger partial charge in [0.2, 0.25) is 0 Å². The van der Waals surface area contributed by atoms with E-state index in [0.717, 1.165) is 32.8 Å². The molecule has 216 valence electrons. The summed E-state index contributed by atoms with van der Waals surface area (Å²) in [5.41, 5.74) is 6.59. The van der Waals surface area contributed by atoms with E-state index in [1.54, 1.807) is 18.2 Å². The molecule has 0 atom stereocenters. The minimum Gasteiger partial charge on any atom is -0.495 e. The zero-order chi connectivity index (χ0) is 31.0. The van der Waals surface area contributed by atoms with Crippen LogP contribution in [0.1, 0.15) is 21.5 Å². The van der Waals surface area contributed by atoms with Crippen LogP contribution >= 0.6 is 23.5 Å². The van der Waals surface area contributed by atoms with Gasteiger partial charge in [0.05, 0.1) is 23.9 Å². The second kappa shape index (κ2) is 11.9. The van der Waals surface area contributed by atoms with Crippen LogP contribution in [0.15, 0.2) is 108 Å². The number of methoxy groups -OCH3 is 1. The van der Waals surface area contributed by atoms with Gasteiger partial charge in [-0.15, -0.1) is 0 Å². The van der Waals surface area contributed by atoms with Crippen molar-refractivity contribution in [1.82, 2.24) is 3.97 Å². The molecule has 1 heterocycles. The number of fused-ring (bicyclic) bond motifs is 1. The van der Waals surface area contributed by atoms with Crippen molar-refractivity contribution in [3.05, 3.63) is 131 Å². The summed E-state index contributed by atoms with van der Waals surface area (Å²) in [4.78, 5) is 12.5. The molecule has 0 unspecified atom stereocenters. The van der Waals surface area contributed by atoms with Crippen LogP contribution in [0.3, 0.4) is 0 Å². The Labute approximate surface area is 262 Å². The number of benzene rings is 5. The molecular weight excluding hydrogens is 595 g/mol. The summed E-state index contributed by atoms with van der Waals surface area (Å²) in [6, 6.07) is 32.8. The maximum Gasteiger partial charge on any atom is 0.335 e. The van der Waals surface area contributed by atoms with E-state index in [0.29, 0.717) is 38.4 Å². The molecule has 0 amide bonds. The number of aromatic nitrogens is 1. The number of carbonyl (C=O) groups is 1. The van der Waals surface area contributed by atoms with Crippen molar-refractivity contribution in [3.63, 3.8) is 0 Å². The number of hydrogen-bond acceptors (Lipinski definition) is 4. The fraction of sp³-hybridized carbons (Fsp3) is 0.0556. The van der Waals surface area contributed by atoms with E-state index < -0.39 is 11.8 Å². The summed E-state index contributed by atoms with van der Waals surface area (Å²) in [6.07, 6.45) is 0. The summed E-state index contributed by atoms with van der Waals surface area (Å²) >= 11 is 8.07. The van der Waals surface area contributed by atoms with Gasteiger partial charge in [0.25, 0.3) is 0 Å². The highest BCUT2D eigenvalue weighted by molar-refractivity contribution is 7.98. The molecule has 5 aromatic carbocycles. The number of aryl methyl sites for hydroxylation is 1. The standard InChI is InChI=1S/C36H24ClFN2O3S/c1-21-9-13-26(14-10-21)44-40-32-16-12-25(38)19-29(32)34(28-7-4-8-33(43-2)30(28)20-39)35(40)23-6-3-5-22(17-23)27-15-11-24(36(41)42)18-31(27)37/h3-19H,1-2H3,(H,41,42). The normalized spacial score (nSPS) is 11.0. The Morgan fingerprint density at radius 3 is 2.39 bits per heavy atom. The van der Waals surface area contributed by atoms with Crippen molar-refractivity contribution in [2.75, 3.05) is 7.11 Å². The predicted molar refractivity (Wildman–Crippen MR) is 174 cm³/mol. The average molecular weight is 619 g/mol. The number of carboxylic acid groups (broad SMARTS) is 1. The molecule has 0 aliphatic rings. The first kappa shape index (κ1) is 29.1. The molecular formula is C36H24ClFN2O3S. The van der Waals surface area contributed by atoms with E-state index in [1.807, 2.05) is 67.6 Å². The average Bonchev–Trinajstić information content (AvgIpc) is 3.34. The van der Waals surface area contributed by atoms with Crippen molar-refractivity contribution in [1.29, 1.82) is 5.26 Å². The molecule has 0 aliphatic carbocycles. The summed E-state index contributed by atoms with van der Waals surface area (Å²) in [7, 11) is 1.51. The van der Waals surface area contributed by atoms with Crippen molar-refractivity contribution in [2.24, 2.45) is 0 Å². The smallest absolute Gasteiger partial charge is 0.335 e. The number of nitriles is 1. The monoisotopic (exact) mass is 618 g/mol. The lowest BCUT2D eigenvalue weighted by atomic mass is 9.93. The van der Waals surface area contributed by atoms with Gasteiger partial charge < -0.3 is 9.84 Å². The number of nitrogens with zero attached hydrogens (tertiary/aromatic N) is 2. The van der Waals surface area contributed by atoms with Gasteiger partial charge in [0.15, 0.2) is 0 Å². The van der Waals surface area contributed by atoms with E-state index in [4.69, 9.17) is 16.3 Å². The molecule has 44 heavy (non-hydrogen) atoms. The van der Waals surface area contributed by atoms with Crippen LogP contribution in [0.5, 0.6) is 5.75 Å². The number of ether oxygens (including phenoxy) is 1. The van der Waals surface area contributed by atoms with Gasteiger partial charge in [-0.05, 0) is 79.0 Å². The Kier molecular flexibility index (Phi) is 7.88. The number of aromatic carboxylic acids is 1. The third-order valence-electron chi connectivity index (χ3n) is 7.39. The lowest BCUT2D eigenvalue weighted by Crippen LogP contribution is -1.97. The minimum absolute atomic E-state index is 0.0934. The Morgan fingerprint density at radius 1 is 0.932 bits per heavy atom. The highest BCUT2D eigenvalue weighted by Gasteiger charge is 2.25.